The number of hydrogen-bond donors (Lipinski definition) is 0. The van der Waals surface area contributed by atoms with Crippen molar-refractivity contribution in [2.24, 2.45) is 0 Å². The molecule has 0 aliphatic carbocycles. The van der Waals surface area contributed by atoms with Gasteiger partial charge in [-0.15, -0.1) is 0 Å². The lowest BCUT2D eigenvalue weighted by Gasteiger charge is -2.17. The standard InChI is InChI=1S/C52H38N4/c1-35-29-36(2)31-44(30-35)45-23-12-13-24-46(45)47-27-25-42(33-48(47)41-22-14-21-40(32-41)37-15-6-3-7-16-37)49-28-26-43(34-53-49)52-55-50(38-17-8-4-9-18-38)54-51(56-52)39-19-10-5-11-20-39/h3-34H,1-2H3. The highest BCUT2D eigenvalue weighted by Crippen LogP contribution is 2.41. The van der Waals surface area contributed by atoms with Gasteiger partial charge in [0.25, 0.3) is 0 Å². The van der Waals surface area contributed by atoms with E-state index < -0.39 is 0 Å². The van der Waals surface area contributed by atoms with Crippen LogP contribution in [0.2, 0.25) is 0 Å². The van der Waals surface area contributed by atoms with Gasteiger partial charge in [0.1, 0.15) is 0 Å². The number of benzene rings is 7. The van der Waals surface area contributed by atoms with E-state index in [-0.39, 0.29) is 0 Å². The lowest BCUT2D eigenvalue weighted by Crippen LogP contribution is -2.00. The third kappa shape index (κ3) is 7.16. The van der Waals surface area contributed by atoms with Crippen molar-refractivity contribution in [2.45, 2.75) is 13.8 Å². The Morgan fingerprint density at radius 3 is 1.39 bits per heavy atom. The van der Waals surface area contributed by atoms with Gasteiger partial charge in [-0.25, -0.2) is 15.0 Å². The highest BCUT2D eigenvalue weighted by Gasteiger charge is 2.17. The minimum absolute atomic E-state index is 0.577. The van der Waals surface area contributed by atoms with Crippen molar-refractivity contribution in [3.05, 3.63) is 205 Å². The van der Waals surface area contributed by atoms with Crippen LogP contribution in [0.1, 0.15) is 11.1 Å². The molecule has 266 valence electrons. The van der Waals surface area contributed by atoms with Crippen LogP contribution in [0.15, 0.2) is 194 Å². The van der Waals surface area contributed by atoms with Crippen LogP contribution in [-0.2, 0) is 0 Å². The predicted molar refractivity (Wildman–Crippen MR) is 231 cm³/mol. The highest BCUT2D eigenvalue weighted by atomic mass is 15.0. The van der Waals surface area contributed by atoms with Gasteiger partial charge in [0.2, 0.25) is 0 Å². The van der Waals surface area contributed by atoms with Crippen LogP contribution in [-0.4, -0.2) is 19.9 Å². The van der Waals surface area contributed by atoms with E-state index in [9.17, 15) is 0 Å². The maximum atomic E-state index is 5.02. The summed E-state index contributed by atoms with van der Waals surface area (Å²) in [6.07, 6.45) is 1.87. The van der Waals surface area contributed by atoms with E-state index >= 15 is 0 Å². The van der Waals surface area contributed by atoms with Crippen LogP contribution in [0.5, 0.6) is 0 Å². The van der Waals surface area contributed by atoms with E-state index in [0.29, 0.717) is 17.5 Å². The monoisotopic (exact) mass is 718 g/mol. The van der Waals surface area contributed by atoms with E-state index in [1.807, 2.05) is 66.9 Å². The molecule has 0 radical (unpaired) electrons. The fraction of sp³-hybridized carbons (Fsp3) is 0.0385. The molecule has 7 aromatic carbocycles. The Bertz CT molecular complexity index is 2720. The quantitative estimate of drug-likeness (QED) is 0.157. The zero-order valence-electron chi connectivity index (χ0n) is 31.3. The summed E-state index contributed by atoms with van der Waals surface area (Å²) in [4.78, 5) is 19.7. The van der Waals surface area contributed by atoms with Gasteiger partial charge in [-0.3, -0.25) is 4.98 Å². The number of rotatable bonds is 8. The molecule has 0 atom stereocenters. The topological polar surface area (TPSA) is 51.6 Å². The minimum atomic E-state index is 0.577. The van der Waals surface area contributed by atoms with Crippen LogP contribution >= 0.6 is 0 Å². The molecule has 9 rings (SSSR count). The Hall–Kier alpha value is -7.30. The minimum Gasteiger partial charge on any atom is -0.255 e. The van der Waals surface area contributed by atoms with Gasteiger partial charge >= 0.3 is 0 Å². The number of hydrogen-bond acceptors (Lipinski definition) is 4. The first-order valence-electron chi connectivity index (χ1n) is 18.9. The van der Waals surface area contributed by atoms with E-state index in [1.54, 1.807) is 0 Å². The normalized spacial score (nSPS) is 11.0. The summed E-state index contributed by atoms with van der Waals surface area (Å²) in [7, 11) is 0. The Kier molecular flexibility index (Phi) is 9.36. The molecular weight excluding hydrogens is 681 g/mol. The Labute approximate surface area is 327 Å². The van der Waals surface area contributed by atoms with Crippen LogP contribution in [0.4, 0.5) is 0 Å². The number of aromatic nitrogens is 4. The fourth-order valence-electron chi connectivity index (χ4n) is 7.41. The second-order valence-electron chi connectivity index (χ2n) is 14.1. The van der Waals surface area contributed by atoms with Crippen molar-refractivity contribution in [1.29, 1.82) is 0 Å². The molecule has 56 heavy (non-hydrogen) atoms. The van der Waals surface area contributed by atoms with Gasteiger partial charge in [0.15, 0.2) is 17.5 Å². The Morgan fingerprint density at radius 2 is 0.786 bits per heavy atom. The van der Waals surface area contributed by atoms with E-state index in [4.69, 9.17) is 19.9 Å². The van der Waals surface area contributed by atoms with Crippen LogP contribution in [0.3, 0.4) is 0 Å². The second-order valence-corrected chi connectivity index (χ2v) is 14.1. The molecule has 0 aliphatic heterocycles. The van der Waals surface area contributed by atoms with Crippen molar-refractivity contribution in [1.82, 2.24) is 19.9 Å². The van der Waals surface area contributed by atoms with Crippen molar-refractivity contribution in [3.8, 4) is 89.9 Å². The van der Waals surface area contributed by atoms with Crippen molar-refractivity contribution < 1.29 is 0 Å². The Morgan fingerprint density at radius 1 is 0.286 bits per heavy atom. The first kappa shape index (κ1) is 34.5. The summed E-state index contributed by atoms with van der Waals surface area (Å²) < 4.78 is 0. The average Bonchev–Trinajstić information content (AvgIpc) is 3.27. The molecule has 0 saturated carbocycles. The fourth-order valence-corrected chi connectivity index (χ4v) is 7.41. The highest BCUT2D eigenvalue weighted by molar-refractivity contribution is 5.94. The van der Waals surface area contributed by atoms with Crippen molar-refractivity contribution in [3.63, 3.8) is 0 Å². The van der Waals surface area contributed by atoms with Crippen LogP contribution in [0.25, 0.3) is 89.9 Å². The van der Waals surface area contributed by atoms with Crippen LogP contribution in [0, 0.1) is 13.8 Å². The number of nitrogens with zero attached hydrogens (tertiary/aromatic N) is 4. The van der Waals surface area contributed by atoms with Gasteiger partial charge < -0.3 is 0 Å². The summed E-state index contributed by atoms with van der Waals surface area (Å²) in [6.45, 7) is 4.33. The first-order chi connectivity index (χ1) is 27.6. The van der Waals surface area contributed by atoms with Gasteiger partial charge in [-0.05, 0) is 82.6 Å². The first-order valence-corrected chi connectivity index (χ1v) is 18.9. The molecule has 0 amide bonds. The second kappa shape index (κ2) is 15.2. The number of pyridine rings is 1. The summed E-state index contributed by atoms with van der Waals surface area (Å²) >= 11 is 0. The van der Waals surface area contributed by atoms with Crippen molar-refractivity contribution in [2.75, 3.05) is 0 Å². The van der Waals surface area contributed by atoms with E-state index in [2.05, 4.69) is 141 Å². The molecule has 0 saturated heterocycles. The molecule has 0 unspecified atom stereocenters. The molecule has 4 nitrogen and oxygen atoms in total. The molecule has 0 bridgehead atoms. The van der Waals surface area contributed by atoms with E-state index in [0.717, 1.165) is 44.6 Å². The van der Waals surface area contributed by atoms with E-state index in [1.165, 1.54) is 38.9 Å². The summed E-state index contributed by atoms with van der Waals surface area (Å²) in [5.74, 6) is 1.82. The lowest BCUT2D eigenvalue weighted by molar-refractivity contribution is 1.07. The van der Waals surface area contributed by atoms with Gasteiger partial charge in [-0.2, -0.15) is 0 Å². The molecular formula is C52H38N4. The summed E-state index contributed by atoms with van der Waals surface area (Å²) in [6, 6.07) is 65.8. The van der Waals surface area contributed by atoms with Crippen LogP contribution < -0.4 is 0 Å². The third-order valence-electron chi connectivity index (χ3n) is 10.1. The molecule has 9 aromatic rings. The van der Waals surface area contributed by atoms with Crippen molar-refractivity contribution >= 4 is 0 Å². The smallest absolute Gasteiger partial charge is 0.165 e. The molecule has 0 aliphatic rings. The largest absolute Gasteiger partial charge is 0.255 e. The molecule has 0 N–H and O–H groups in total. The van der Waals surface area contributed by atoms with Gasteiger partial charge in [-0.1, -0.05) is 175 Å². The van der Waals surface area contributed by atoms with Gasteiger partial charge in [0.05, 0.1) is 5.69 Å². The zero-order valence-corrected chi connectivity index (χ0v) is 31.3. The average molecular weight is 719 g/mol. The maximum absolute atomic E-state index is 5.02. The molecule has 0 spiro atoms. The SMILES string of the molecule is Cc1cc(C)cc(-c2ccccc2-c2ccc(-c3ccc(-c4nc(-c5ccccc5)nc(-c5ccccc5)n4)cn3)cc2-c2cccc(-c3ccccc3)c2)c1. The lowest BCUT2D eigenvalue weighted by atomic mass is 9.87. The maximum Gasteiger partial charge on any atom is 0.165 e. The molecule has 4 heteroatoms. The molecule has 2 aromatic heterocycles. The third-order valence-corrected chi connectivity index (χ3v) is 10.1. The summed E-state index contributed by atoms with van der Waals surface area (Å²) in [5, 5.41) is 0. The van der Waals surface area contributed by atoms with Gasteiger partial charge in [0, 0.05) is 28.5 Å². The Balaban J connectivity index is 1.16. The summed E-state index contributed by atoms with van der Waals surface area (Å²) in [5.41, 5.74) is 16.5. The predicted octanol–water partition coefficient (Wildman–Crippen LogP) is 13.2. The zero-order chi connectivity index (χ0) is 37.8. The molecule has 2 heterocycles. The molecule has 0 fully saturated rings. The number of aryl methyl sites for hydroxylation is 2.